The van der Waals surface area contributed by atoms with E-state index in [0.29, 0.717) is 6.54 Å². The quantitative estimate of drug-likeness (QED) is 0.812. The lowest BCUT2D eigenvalue weighted by molar-refractivity contribution is -0.118. The van der Waals surface area contributed by atoms with Crippen molar-refractivity contribution in [3.8, 4) is 0 Å². The van der Waals surface area contributed by atoms with Crippen LogP contribution < -0.4 is 10.6 Å². The Balaban J connectivity index is 2.29. The largest absolute Gasteiger partial charge is 0.355 e. The van der Waals surface area contributed by atoms with Crippen LogP contribution in [-0.2, 0) is 11.3 Å². The van der Waals surface area contributed by atoms with E-state index in [4.69, 9.17) is 0 Å². The Morgan fingerprint density at radius 2 is 2.12 bits per heavy atom. The molecular weight excluding hydrogens is 268 g/mol. The molecule has 3 nitrogen and oxygen atoms in total. The molecule has 0 atom stereocenters. The molecule has 0 aliphatic rings. The van der Waals surface area contributed by atoms with Gasteiger partial charge in [0, 0.05) is 31.0 Å². The SMILES string of the molecule is CC(=O)NCCNCc1ccc(C)cc1Br. The lowest BCUT2D eigenvalue weighted by Crippen LogP contribution is -2.29. The number of benzene rings is 1. The Hall–Kier alpha value is -0.870. The number of hydrogen-bond acceptors (Lipinski definition) is 2. The monoisotopic (exact) mass is 284 g/mol. The molecule has 88 valence electrons. The predicted octanol–water partition coefficient (Wildman–Crippen LogP) is 1.98. The van der Waals surface area contributed by atoms with Crippen molar-refractivity contribution in [3.63, 3.8) is 0 Å². The van der Waals surface area contributed by atoms with Crippen molar-refractivity contribution in [2.75, 3.05) is 13.1 Å². The van der Waals surface area contributed by atoms with Gasteiger partial charge in [-0.05, 0) is 24.1 Å². The third-order valence-corrected chi connectivity index (χ3v) is 2.94. The number of hydrogen-bond donors (Lipinski definition) is 2. The summed E-state index contributed by atoms with van der Waals surface area (Å²) in [4.78, 5) is 10.6. The highest BCUT2D eigenvalue weighted by atomic mass is 79.9. The zero-order chi connectivity index (χ0) is 12.0. The third kappa shape index (κ3) is 4.77. The van der Waals surface area contributed by atoms with Crippen molar-refractivity contribution < 1.29 is 4.79 Å². The molecule has 0 spiro atoms. The first-order chi connectivity index (χ1) is 7.59. The van der Waals surface area contributed by atoms with Crippen LogP contribution in [0.25, 0.3) is 0 Å². The minimum atomic E-state index is 0.0123. The van der Waals surface area contributed by atoms with Crippen LogP contribution in [-0.4, -0.2) is 19.0 Å². The van der Waals surface area contributed by atoms with Crippen molar-refractivity contribution in [3.05, 3.63) is 33.8 Å². The van der Waals surface area contributed by atoms with Crippen molar-refractivity contribution in [1.82, 2.24) is 10.6 Å². The molecular formula is C12H17BrN2O. The van der Waals surface area contributed by atoms with Crippen LogP contribution in [0.15, 0.2) is 22.7 Å². The first kappa shape index (κ1) is 13.2. The summed E-state index contributed by atoms with van der Waals surface area (Å²) >= 11 is 3.53. The van der Waals surface area contributed by atoms with E-state index in [1.54, 1.807) is 0 Å². The van der Waals surface area contributed by atoms with Crippen LogP contribution in [0.5, 0.6) is 0 Å². The topological polar surface area (TPSA) is 41.1 Å². The molecule has 2 N–H and O–H groups in total. The van der Waals surface area contributed by atoms with E-state index >= 15 is 0 Å². The predicted molar refractivity (Wildman–Crippen MR) is 69.3 cm³/mol. The van der Waals surface area contributed by atoms with Gasteiger partial charge < -0.3 is 10.6 Å². The fraction of sp³-hybridized carbons (Fsp3) is 0.417. The molecule has 1 aromatic rings. The summed E-state index contributed by atoms with van der Waals surface area (Å²) in [6.45, 7) is 5.84. The van der Waals surface area contributed by atoms with Gasteiger partial charge in [-0.3, -0.25) is 4.79 Å². The summed E-state index contributed by atoms with van der Waals surface area (Å²) in [5.74, 6) is 0.0123. The first-order valence-corrected chi connectivity index (χ1v) is 6.09. The van der Waals surface area contributed by atoms with Crippen molar-refractivity contribution >= 4 is 21.8 Å². The maximum absolute atomic E-state index is 10.6. The molecule has 16 heavy (non-hydrogen) atoms. The van der Waals surface area contributed by atoms with Gasteiger partial charge in [-0.15, -0.1) is 0 Å². The number of carbonyl (C=O) groups excluding carboxylic acids is 1. The molecule has 0 unspecified atom stereocenters. The maximum atomic E-state index is 10.6. The van der Waals surface area contributed by atoms with Crippen LogP contribution in [0, 0.1) is 6.92 Å². The number of nitrogens with one attached hydrogen (secondary N) is 2. The summed E-state index contributed by atoms with van der Waals surface area (Å²) in [7, 11) is 0. The summed E-state index contributed by atoms with van der Waals surface area (Å²) in [6.07, 6.45) is 0. The highest BCUT2D eigenvalue weighted by molar-refractivity contribution is 9.10. The second-order valence-electron chi connectivity index (χ2n) is 3.75. The Bertz CT molecular complexity index is 366. The Labute approximate surface area is 105 Å². The lowest BCUT2D eigenvalue weighted by Gasteiger charge is -2.07. The van der Waals surface area contributed by atoms with Gasteiger partial charge in [0.05, 0.1) is 0 Å². The zero-order valence-corrected chi connectivity index (χ0v) is 11.2. The number of carbonyl (C=O) groups is 1. The van der Waals surface area contributed by atoms with Gasteiger partial charge >= 0.3 is 0 Å². The molecule has 0 radical (unpaired) electrons. The van der Waals surface area contributed by atoms with E-state index < -0.39 is 0 Å². The number of rotatable bonds is 5. The van der Waals surface area contributed by atoms with Gasteiger partial charge in [-0.1, -0.05) is 28.1 Å². The Morgan fingerprint density at radius 3 is 2.75 bits per heavy atom. The maximum Gasteiger partial charge on any atom is 0.216 e. The molecule has 0 heterocycles. The Morgan fingerprint density at radius 1 is 1.38 bits per heavy atom. The van der Waals surface area contributed by atoms with Crippen molar-refractivity contribution in [2.45, 2.75) is 20.4 Å². The average Bonchev–Trinajstić information content (AvgIpc) is 2.20. The van der Waals surface area contributed by atoms with E-state index in [9.17, 15) is 4.79 Å². The smallest absolute Gasteiger partial charge is 0.216 e. The molecule has 0 fully saturated rings. The average molecular weight is 285 g/mol. The van der Waals surface area contributed by atoms with Gasteiger partial charge in [0.1, 0.15) is 0 Å². The molecule has 0 saturated heterocycles. The van der Waals surface area contributed by atoms with E-state index in [0.717, 1.165) is 17.6 Å². The third-order valence-electron chi connectivity index (χ3n) is 2.20. The molecule has 0 aromatic heterocycles. The summed E-state index contributed by atoms with van der Waals surface area (Å²) < 4.78 is 1.12. The van der Waals surface area contributed by atoms with Crippen LogP contribution in [0.3, 0.4) is 0 Å². The molecule has 0 bridgehead atoms. The summed E-state index contributed by atoms with van der Waals surface area (Å²) in [5, 5.41) is 6.01. The van der Waals surface area contributed by atoms with E-state index in [-0.39, 0.29) is 5.91 Å². The lowest BCUT2D eigenvalue weighted by atomic mass is 10.1. The van der Waals surface area contributed by atoms with E-state index in [1.165, 1.54) is 18.1 Å². The standard InChI is InChI=1S/C12H17BrN2O/c1-9-3-4-11(12(13)7-9)8-14-5-6-15-10(2)16/h3-4,7,14H,5-6,8H2,1-2H3,(H,15,16). The van der Waals surface area contributed by atoms with Crippen molar-refractivity contribution in [1.29, 1.82) is 0 Å². The fourth-order valence-corrected chi connectivity index (χ4v) is 1.98. The van der Waals surface area contributed by atoms with Gasteiger partial charge in [-0.2, -0.15) is 0 Å². The fourth-order valence-electron chi connectivity index (χ4n) is 1.35. The van der Waals surface area contributed by atoms with Crippen LogP contribution in [0.4, 0.5) is 0 Å². The number of amides is 1. The summed E-state index contributed by atoms with van der Waals surface area (Å²) in [5.41, 5.74) is 2.47. The number of aryl methyl sites for hydroxylation is 1. The van der Waals surface area contributed by atoms with Crippen LogP contribution in [0.2, 0.25) is 0 Å². The minimum absolute atomic E-state index is 0.0123. The highest BCUT2D eigenvalue weighted by Gasteiger charge is 1.99. The molecule has 1 aromatic carbocycles. The molecule has 0 aliphatic heterocycles. The Kier molecular flexibility index (Phi) is 5.49. The highest BCUT2D eigenvalue weighted by Crippen LogP contribution is 2.17. The second kappa shape index (κ2) is 6.66. The first-order valence-electron chi connectivity index (χ1n) is 5.30. The van der Waals surface area contributed by atoms with E-state index in [2.05, 4.69) is 51.7 Å². The van der Waals surface area contributed by atoms with Crippen molar-refractivity contribution in [2.24, 2.45) is 0 Å². The molecule has 1 rings (SSSR count). The zero-order valence-electron chi connectivity index (χ0n) is 9.64. The second-order valence-corrected chi connectivity index (χ2v) is 4.61. The molecule has 0 saturated carbocycles. The summed E-state index contributed by atoms with van der Waals surface area (Å²) in [6, 6.07) is 6.30. The van der Waals surface area contributed by atoms with Gasteiger partial charge in [0.15, 0.2) is 0 Å². The molecule has 0 aliphatic carbocycles. The molecule has 1 amide bonds. The molecule has 4 heteroatoms. The van der Waals surface area contributed by atoms with E-state index in [1.807, 2.05) is 0 Å². The van der Waals surface area contributed by atoms with Crippen LogP contribution in [0.1, 0.15) is 18.1 Å². The van der Waals surface area contributed by atoms with Crippen LogP contribution >= 0.6 is 15.9 Å². The van der Waals surface area contributed by atoms with Gasteiger partial charge in [-0.25, -0.2) is 0 Å². The van der Waals surface area contributed by atoms with Gasteiger partial charge in [0.25, 0.3) is 0 Å². The van der Waals surface area contributed by atoms with Gasteiger partial charge in [0.2, 0.25) is 5.91 Å². The number of halogens is 1. The normalized spacial score (nSPS) is 10.2. The minimum Gasteiger partial charge on any atom is -0.355 e.